The van der Waals surface area contributed by atoms with Gasteiger partial charge in [-0.2, -0.15) is 0 Å². The summed E-state index contributed by atoms with van der Waals surface area (Å²) in [7, 11) is 1.76. The van der Waals surface area contributed by atoms with E-state index >= 15 is 0 Å². The van der Waals surface area contributed by atoms with E-state index in [9.17, 15) is 0 Å². The van der Waals surface area contributed by atoms with Crippen molar-refractivity contribution in [1.82, 2.24) is 0 Å². The number of hydrogen-bond acceptors (Lipinski definition) is 3. The lowest BCUT2D eigenvalue weighted by Crippen LogP contribution is -2.29. The molecule has 1 aromatic carbocycles. The molecule has 2 unspecified atom stereocenters. The van der Waals surface area contributed by atoms with Crippen LogP contribution in [-0.2, 0) is 11.3 Å². The Bertz CT molecular complexity index is 414. The van der Waals surface area contributed by atoms with Gasteiger partial charge in [0.25, 0.3) is 0 Å². The number of aliphatic hydroxyl groups excluding tert-OH is 1. The number of rotatable bonds is 4. The highest BCUT2D eigenvalue weighted by Gasteiger charge is 2.24. The van der Waals surface area contributed by atoms with Gasteiger partial charge in [-0.05, 0) is 68.8 Å². The number of ether oxygens (including phenoxy) is 2. The Morgan fingerprint density at radius 1 is 1.21 bits per heavy atom. The smallest absolute Gasteiger partial charge is 0.148 e. The molecule has 1 saturated carbocycles. The van der Waals surface area contributed by atoms with Gasteiger partial charge >= 0.3 is 0 Å². The van der Waals surface area contributed by atoms with Crippen molar-refractivity contribution in [1.29, 1.82) is 0 Å². The summed E-state index contributed by atoms with van der Waals surface area (Å²) >= 11 is 7.00. The van der Waals surface area contributed by atoms with Gasteiger partial charge in [0.2, 0.25) is 0 Å². The van der Waals surface area contributed by atoms with Crippen LogP contribution < -0.4 is 4.74 Å². The molecule has 2 rings (SSSR count). The summed E-state index contributed by atoms with van der Waals surface area (Å²) in [6, 6.07) is 3.77. The van der Waals surface area contributed by atoms with Crippen LogP contribution in [0.15, 0.2) is 21.1 Å². The van der Waals surface area contributed by atoms with Crippen molar-refractivity contribution in [3.8, 4) is 5.75 Å². The first-order valence-electron chi connectivity index (χ1n) is 6.42. The van der Waals surface area contributed by atoms with Crippen LogP contribution in [0.5, 0.6) is 5.75 Å². The van der Waals surface area contributed by atoms with Crippen LogP contribution in [0.4, 0.5) is 0 Å². The van der Waals surface area contributed by atoms with E-state index in [0.717, 1.165) is 45.9 Å². The summed E-state index contributed by atoms with van der Waals surface area (Å²) < 4.78 is 13.2. The van der Waals surface area contributed by atoms with Crippen molar-refractivity contribution in [2.75, 3.05) is 7.11 Å². The van der Waals surface area contributed by atoms with Crippen molar-refractivity contribution in [2.24, 2.45) is 0 Å². The molecule has 0 radical (unpaired) electrons. The molecule has 3 nitrogen and oxygen atoms in total. The molecule has 19 heavy (non-hydrogen) atoms. The van der Waals surface area contributed by atoms with Crippen molar-refractivity contribution in [2.45, 2.75) is 44.5 Å². The van der Waals surface area contributed by atoms with E-state index in [1.54, 1.807) is 7.11 Å². The summed E-state index contributed by atoms with van der Waals surface area (Å²) in [6.07, 6.45) is 4.71. The topological polar surface area (TPSA) is 38.7 Å². The fourth-order valence-corrected chi connectivity index (χ4v) is 3.87. The van der Waals surface area contributed by atoms with Gasteiger partial charge in [0.1, 0.15) is 11.9 Å². The summed E-state index contributed by atoms with van der Waals surface area (Å²) in [4.78, 5) is 0. The molecule has 106 valence electrons. The molecule has 0 heterocycles. The third-order valence-electron chi connectivity index (χ3n) is 3.44. The molecule has 0 saturated heterocycles. The molecule has 0 aromatic heterocycles. The molecular formula is C14H18Br2O3. The second-order valence-corrected chi connectivity index (χ2v) is 6.52. The van der Waals surface area contributed by atoms with Crippen molar-refractivity contribution in [3.63, 3.8) is 0 Å². The molecule has 1 fully saturated rings. The minimum absolute atomic E-state index is 0.0205. The quantitative estimate of drug-likeness (QED) is 0.838. The number of halogens is 2. The van der Waals surface area contributed by atoms with Gasteiger partial charge in [-0.3, -0.25) is 0 Å². The van der Waals surface area contributed by atoms with Crippen LogP contribution >= 0.6 is 31.9 Å². The fourth-order valence-electron chi connectivity index (χ4n) is 2.41. The first kappa shape index (κ1) is 15.3. The standard InChI is InChI=1S/C14H18Br2O3/c1-18-10-3-2-4-11(7-10)19-14-12(15)5-9(8-17)6-13(14)16/h5-6,10-11,17H,2-4,7-8H2,1H3. The van der Waals surface area contributed by atoms with Crippen molar-refractivity contribution < 1.29 is 14.6 Å². The van der Waals surface area contributed by atoms with E-state index < -0.39 is 0 Å². The number of aliphatic hydroxyl groups is 1. The summed E-state index contributed by atoms with van der Waals surface area (Å²) in [5, 5.41) is 9.17. The van der Waals surface area contributed by atoms with Gasteiger partial charge in [-0.15, -0.1) is 0 Å². The zero-order chi connectivity index (χ0) is 13.8. The summed E-state index contributed by atoms with van der Waals surface area (Å²) in [6.45, 7) is 0.0205. The summed E-state index contributed by atoms with van der Waals surface area (Å²) in [5.74, 6) is 0.805. The van der Waals surface area contributed by atoms with Crippen molar-refractivity contribution >= 4 is 31.9 Å². The van der Waals surface area contributed by atoms with Crippen molar-refractivity contribution in [3.05, 3.63) is 26.6 Å². The SMILES string of the molecule is COC1CCCC(Oc2c(Br)cc(CO)cc2Br)C1. The highest BCUT2D eigenvalue weighted by Crippen LogP contribution is 2.37. The zero-order valence-corrected chi connectivity index (χ0v) is 14.0. The fraction of sp³-hybridized carbons (Fsp3) is 0.571. The largest absolute Gasteiger partial charge is 0.488 e. The van der Waals surface area contributed by atoms with E-state index in [1.807, 2.05) is 12.1 Å². The Labute approximate surface area is 130 Å². The maximum absolute atomic E-state index is 9.17. The zero-order valence-electron chi connectivity index (χ0n) is 10.9. The van der Waals surface area contributed by atoms with E-state index in [2.05, 4.69) is 31.9 Å². The minimum Gasteiger partial charge on any atom is -0.488 e. The molecule has 1 N–H and O–H groups in total. The van der Waals surface area contributed by atoms with Crippen LogP contribution in [0, 0.1) is 0 Å². The van der Waals surface area contributed by atoms with E-state index in [0.29, 0.717) is 6.10 Å². The average molecular weight is 394 g/mol. The van der Waals surface area contributed by atoms with E-state index in [1.165, 1.54) is 0 Å². The maximum atomic E-state index is 9.17. The highest BCUT2D eigenvalue weighted by atomic mass is 79.9. The Balaban J connectivity index is 2.10. The Morgan fingerprint density at radius 2 is 1.84 bits per heavy atom. The van der Waals surface area contributed by atoms with Crippen LogP contribution in [0.25, 0.3) is 0 Å². The molecule has 0 aliphatic heterocycles. The molecule has 0 spiro atoms. The molecule has 0 bridgehead atoms. The van der Waals surface area contributed by atoms with E-state index in [4.69, 9.17) is 14.6 Å². The van der Waals surface area contributed by atoms with Crippen LogP contribution in [0.3, 0.4) is 0 Å². The molecule has 1 aromatic rings. The lowest BCUT2D eigenvalue weighted by molar-refractivity contribution is 0.0205. The van der Waals surface area contributed by atoms with Gasteiger partial charge in [-0.25, -0.2) is 0 Å². The number of methoxy groups -OCH3 is 1. The van der Waals surface area contributed by atoms with Gasteiger partial charge in [0, 0.05) is 13.5 Å². The summed E-state index contributed by atoms with van der Waals surface area (Å²) in [5.41, 5.74) is 0.851. The molecule has 0 amide bonds. The second kappa shape index (κ2) is 7.07. The number of benzene rings is 1. The van der Waals surface area contributed by atoms with Gasteiger partial charge in [-0.1, -0.05) is 0 Å². The lowest BCUT2D eigenvalue weighted by Gasteiger charge is -2.29. The monoisotopic (exact) mass is 392 g/mol. The predicted octanol–water partition coefficient (Wildman–Crippen LogP) is 4.04. The Kier molecular flexibility index (Phi) is 5.69. The van der Waals surface area contributed by atoms with Crippen LogP contribution in [0.1, 0.15) is 31.2 Å². The maximum Gasteiger partial charge on any atom is 0.148 e. The molecule has 5 heteroatoms. The minimum atomic E-state index is 0.0205. The lowest BCUT2D eigenvalue weighted by atomic mass is 9.95. The first-order valence-corrected chi connectivity index (χ1v) is 8.01. The number of hydrogen-bond donors (Lipinski definition) is 1. The van der Waals surface area contributed by atoms with Crippen LogP contribution in [0.2, 0.25) is 0 Å². The van der Waals surface area contributed by atoms with Gasteiger partial charge in [0.15, 0.2) is 0 Å². The average Bonchev–Trinajstić information content (AvgIpc) is 2.42. The van der Waals surface area contributed by atoms with Gasteiger partial charge < -0.3 is 14.6 Å². The van der Waals surface area contributed by atoms with Crippen LogP contribution in [-0.4, -0.2) is 24.4 Å². The molecule has 1 aliphatic rings. The Morgan fingerprint density at radius 3 is 2.42 bits per heavy atom. The molecule has 1 aliphatic carbocycles. The first-order chi connectivity index (χ1) is 9.13. The molecule has 2 atom stereocenters. The van der Waals surface area contributed by atoms with Gasteiger partial charge in [0.05, 0.1) is 21.7 Å². The Hall–Kier alpha value is -0.100. The third kappa shape index (κ3) is 3.94. The normalized spacial score (nSPS) is 23.4. The molecular weight excluding hydrogens is 376 g/mol. The third-order valence-corrected chi connectivity index (χ3v) is 4.61. The second-order valence-electron chi connectivity index (χ2n) is 4.81. The predicted molar refractivity (Wildman–Crippen MR) is 81.4 cm³/mol. The highest BCUT2D eigenvalue weighted by molar-refractivity contribution is 9.11. The van der Waals surface area contributed by atoms with E-state index in [-0.39, 0.29) is 12.7 Å².